The van der Waals surface area contributed by atoms with Gasteiger partial charge in [0.25, 0.3) is 0 Å². The van der Waals surface area contributed by atoms with Gasteiger partial charge in [0.1, 0.15) is 6.10 Å². The second kappa shape index (κ2) is 18.8. The van der Waals surface area contributed by atoms with Crippen molar-refractivity contribution in [3.63, 3.8) is 0 Å². The lowest BCUT2D eigenvalue weighted by Crippen LogP contribution is -2.24. The molecule has 0 bridgehead atoms. The number of rotatable bonds is 20. The minimum absolute atomic E-state index is 0.0867. The topological polar surface area (TPSA) is 61.8 Å². The zero-order chi connectivity index (χ0) is 26.7. The van der Waals surface area contributed by atoms with Gasteiger partial charge in [-0.25, -0.2) is 4.79 Å². The molecule has 0 aromatic heterocycles. The molecule has 206 valence electrons. The number of benzene rings is 2. The van der Waals surface area contributed by atoms with E-state index in [2.05, 4.69) is 13.0 Å². The van der Waals surface area contributed by atoms with Crippen molar-refractivity contribution in [2.75, 3.05) is 14.2 Å². The molecule has 0 aliphatic carbocycles. The monoisotopic (exact) mass is 512 g/mol. The number of hydrogen-bond acceptors (Lipinski definition) is 5. The van der Waals surface area contributed by atoms with E-state index < -0.39 is 6.10 Å². The molecular weight excluding hydrogens is 464 g/mol. The lowest BCUT2D eigenvalue weighted by atomic mass is 10.0. The lowest BCUT2D eigenvalue weighted by Gasteiger charge is -2.22. The minimum Gasteiger partial charge on any atom is -0.469 e. The fourth-order valence-electron chi connectivity index (χ4n) is 4.83. The van der Waals surface area contributed by atoms with Crippen LogP contribution in [-0.2, 0) is 23.8 Å². The van der Waals surface area contributed by atoms with Crippen molar-refractivity contribution < 1.29 is 23.8 Å². The fourth-order valence-corrected chi connectivity index (χ4v) is 4.83. The molecule has 0 spiro atoms. The molecule has 37 heavy (non-hydrogen) atoms. The summed E-state index contributed by atoms with van der Waals surface area (Å²) in [6.45, 7) is 2.24. The molecule has 5 heteroatoms. The van der Waals surface area contributed by atoms with Gasteiger partial charge in [-0.2, -0.15) is 0 Å². The first-order valence-corrected chi connectivity index (χ1v) is 14.4. The molecule has 0 saturated carbocycles. The highest BCUT2D eigenvalue weighted by molar-refractivity contribution is 5.85. The molecule has 2 aromatic rings. The Hall–Kier alpha value is -2.40. The highest BCUT2D eigenvalue weighted by atomic mass is 16.6. The van der Waals surface area contributed by atoms with Gasteiger partial charge in [-0.05, 0) is 54.5 Å². The summed E-state index contributed by atoms with van der Waals surface area (Å²) in [6, 6.07) is 14.1. The summed E-state index contributed by atoms with van der Waals surface area (Å²) in [5.41, 5.74) is 0.825. The van der Waals surface area contributed by atoms with Gasteiger partial charge in [-0.3, -0.25) is 4.79 Å². The van der Waals surface area contributed by atoms with E-state index in [1.807, 2.05) is 36.4 Å². The van der Waals surface area contributed by atoms with Gasteiger partial charge in [-0.1, -0.05) is 101 Å². The maximum Gasteiger partial charge on any atom is 0.340 e. The quantitative estimate of drug-likeness (QED) is 0.131. The fraction of sp³-hybridized carbons (Fsp3) is 0.625. The second-order valence-corrected chi connectivity index (χ2v) is 10.1. The number of unbranched alkanes of at least 4 members (excludes halogenated alkanes) is 10. The Bertz CT molecular complexity index is 909. The average Bonchev–Trinajstić information content (AvgIpc) is 2.91. The van der Waals surface area contributed by atoms with Gasteiger partial charge in [-0.15, -0.1) is 0 Å². The summed E-state index contributed by atoms with van der Waals surface area (Å²) >= 11 is 0. The van der Waals surface area contributed by atoms with E-state index in [4.69, 9.17) is 14.2 Å². The highest BCUT2D eigenvalue weighted by Crippen LogP contribution is 2.26. The third-order valence-electron chi connectivity index (χ3n) is 7.07. The van der Waals surface area contributed by atoms with Crippen molar-refractivity contribution in [1.82, 2.24) is 0 Å². The summed E-state index contributed by atoms with van der Waals surface area (Å²) < 4.78 is 16.4. The Morgan fingerprint density at radius 2 is 1.32 bits per heavy atom. The van der Waals surface area contributed by atoms with Gasteiger partial charge in [0.05, 0.1) is 7.11 Å². The Labute approximate surface area is 224 Å². The van der Waals surface area contributed by atoms with E-state index in [1.54, 1.807) is 7.11 Å². The number of fused-ring (bicyclic) bond motifs is 1. The van der Waals surface area contributed by atoms with Gasteiger partial charge >= 0.3 is 11.9 Å². The van der Waals surface area contributed by atoms with Gasteiger partial charge in [0.2, 0.25) is 0 Å². The largest absolute Gasteiger partial charge is 0.469 e. The Kier molecular flexibility index (Phi) is 15.6. The van der Waals surface area contributed by atoms with Gasteiger partial charge < -0.3 is 14.2 Å². The number of ether oxygens (including phenoxy) is 3. The maximum absolute atomic E-state index is 13.2. The average molecular weight is 513 g/mol. The molecule has 0 N–H and O–H groups in total. The van der Waals surface area contributed by atoms with Crippen molar-refractivity contribution in [2.24, 2.45) is 0 Å². The number of hydrogen-bond donors (Lipinski definition) is 0. The molecule has 0 amide bonds. The van der Waals surface area contributed by atoms with Crippen LogP contribution in [0, 0.1) is 0 Å². The van der Waals surface area contributed by atoms with E-state index in [9.17, 15) is 9.59 Å². The van der Waals surface area contributed by atoms with Crippen molar-refractivity contribution in [1.29, 1.82) is 0 Å². The molecule has 0 aliphatic rings. The predicted octanol–water partition coefficient (Wildman–Crippen LogP) is 8.48. The minimum atomic E-state index is -0.723. The zero-order valence-electron chi connectivity index (χ0n) is 23.3. The molecule has 0 saturated heterocycles. The first-order chi connectivity index (χ1) is 18.1. The molecule has 0 fully saturated rings. The Balaban J connectivity index is 1.88. The van der Waals surface area contributed by atoms with Crippen LogP contribution in [0.4, 0.5) is 0 Å². The zero-order valence-corrected chi connectivity index (χ0v) is 23.3. The van der Waals surface area contributed by atoms with Crippen LogP contribution in [0.15, 0.2) is 42.5 Å². The van der Waals surface area contributed by atoms with Crippen LogP contribution < -0.4 is 0 Å². The summed E-state index contributed by atoms with van der Waals surface area (Å²) in [5.74, 6) is -0.440. The van der Waals surface area contributed by atoms with Crippen LogP contribution in [0.5, 0.6) is 0 Å². The van der Waals surface area contributed by atoms with Gasteiger partial charge in [0.15, 0.2) is 6.10 Å². The molecule has 5 nitrogen and oxygen atoms in total. The summed E-state index contributed by atoms with van der Waals surface area (Å²) in [6.07, 6.45) is 15.2. The Morgan fingerprint density at radius 1 is 0.730 bits per heavy atom. The molecule has 0 heterocycles. The van der Waals surface area contributed by atoms with Crippen molar-refractivity contribution in [3.05, 3.63) is 48.0 Å². The lowest BCUT2D eigenvalue weighted by molar-refractivity contribution is -0.162. The maximum atomic E-state index is 13.2. The molecule has 2 aromatic carbocycles. The number of esters is 2. The molecule has 2 rings (SSSR count). The standard InChI is InChI=1S/C32H48O5/c1-4-5-6-7-8-10-13-20-29(21-14-11-9-12-15-22-30(33)35-2)37-32(34)31(36-3)28-24-23-26-18-16-17-19-27(26)25-28/h16-19,23-25,29,31H,4-15,20-22H2,1-3H3/t29-,31?/m0/s1. The smallest absolute Gasteiger partial charge is 0.340 e. The number of carbonyl (C=O) groups is 2. The first kappa shape index (κ1) is 30.8. The van der Waals surface area contributed by atoms with Crippen LogP contribution in [0.2, 0.25) is 0 Å². The van der Waals surface area contributed by atoms with E-state index in [1.165, 1.54) is 45.6 Å². The van der Waals surface area contributed by atoms with Crippen LogP contribution in [0.1, 0.15) is 115 Å². The van der Waals surface area contributed by atoms with E-state index in [0.29, 0.717) is 6.42 Å². The SMILES string of the molecule is CCCCCCCCC[C@@H](CCCCCCCC(=O)OC)OC(=O)C(OC)c1ccc2ccccc2c1. The van der Waals surface area contributed by atoms with Gasteiger partial charge in [0, 0.05) is 13.5 Å². The molecule has 0 radical (unpaired) electrons. The summed E-state index contributed by atoms with van der Waals surface area (Å²) in [5, 5.41) is 2.22. The predicted molar refractivity (Wildman–Crippen MR) is 151 cm³/mol. The van der Waals surface area contributed by atoms with Crippen LogP contribution in [0.3, 0.4) is 0 Å². The number of carbonyl (C=O) groups excluding carboxylic acids is 2. The highest BCUT2D eigenvalue weighted by Gasteiger charge is 2.25. The molecule has 1 unspecified atom stereocenters. The van der Waals surface area contributed by atoms with Crippen LogP contribution in [-0.4, -0.2) is 32.3 Å². The third-order valence-corrected chi connectivity index (χ3v) is 7.07. The third kappa shape index (κ3) is 12.1. The number of methoxy groups -OCH3 is 2. The molecule has 2 atom stereocenters. The van der Waals surface area contributed by atoms with Crippen molar-refractivity contribution in [2.45, 2.75) is 115 Å². The molecule has 0 aliphatic heterocycles. The first-order valence-electron chi connectivity index (χ1n) is 14.4. The normalized spacial score (nSPS) is 12.8. The molecular formula is C32H48O5. The van der Waals surface area contributed by atoms with Crippen molar-refractivity contribution >= 4 is 22.7 Å². The van der Waals surface area contributed by atoms with E-state index in [0.717, 1.165) is 67.7 Å². The summed E-state index contributed by atoms with van der Waals surface area (Å²) in [4.78, 5) is 24.5. The van der Waals surface area contributed by atoms with E-state index in [-0.39, 0.29) is 18.0 Å². The Morgan fingerprint density at radius 3 is 1.95 bits per heavy atom. The van der Waals surface area contributed by atoms with Crippen molar-refractivity contribution in [3.8, 4) is 0 Å². The van der Waals surface area contributed by atoms with Crippen LogP contribution in [0.25, 0.3) is 10.8 Å². The second-order valence-electron chi connectivity index (χ2n) is 10.1. The summed E-state index contributed by atoms with van der Waals surface area (Å²) in [7, 11) is 3.00. The van der Waals surface area contributed by atoms with Crippen LogP contribution >= 0.6 is 0 Å². The van der Waals surface area contributed by atoms with E-state index >= 15 is 0 Å².